The van der Waals surface area contributed by atoms with Crippen LogP contribution in [-0.2, 0) is 16.2 Å². The summed E-state index contributed by atoms with van der Waals surface area (Å²) in [6.45, 7) is 0. The second-order valence-electron chi connectivity index (χ2n) is 6.14. The molecule has 0 aliphatic heterocycles. The van der Waals surface area contributed by atoms with Crippen molar-refractivity contribution in [2.45, 2.75) is 11.1 Å². The van der Waals surface area contributed by atoms with E-state index < -0.39 is 26.7 Å². The summed E-state index contributed by atoms with van der Waals surface area (Å²) < 4.78 is 64.7. The van der Waals surface area contributed by atoms with Crippen molar-refractivity contribution in [2.24, 2.45) is 5.10 Å². The lowest BCUT2D eigenvalue weighted by atomic mass is 10.1. The van der Waals surface area contributed by atoms with Gasteiger partial charge < -0.3 is 0 Å². The van der Waals surface area contributed by atoms with Crippen molar-refractivity contribution in [3.63, 3.8) is 0 Å². The van der Waals surface area contributed by atoms with Gasteiger partial charge in [0.25, 0.3) is 10.0 Å². The average molecular weight is 402 g/mol. The monoisotopic (exact) mass is 402 g/mol. The zero-order chi connectivity index (χ0) is 19.9. The van der Waals surface area contributed by atoms with Crippen molar-refractivity contribution in [1.29, 1.82) is 0 Å². The van der Waals surface area contributed by atoms with Crippen LogP contribution in [0.1, 0.15) is 16.7 Å². The summed E-state index contributed by atoms with van der Waals surface area (Å²) in [6, 6.07) is 18.6. The van der Waals surface area contributed by atoms with E-state index in [0.717, 1.165) is 29.3 Å². The Morgan fingerprint density at radius 2 is 1.18 bits per heavy atom. The van der Waals surface area contributed by atoms with Gasteiger partial charge in [-0.25, -0.2) is 0 Å². The molecule has 28 heavy (non-hydrogen) atoms. The molecule has 1 aliphatic rings. The molecular formula is C20H13F3N2O2S. The summed E-state index contributed by atoms with van der Waals surface area (Å²) >= 11 is 0. The molecule has 1 N–H and O–H groups in total. The number of hydrogen-bond donors (Lipinski definition) is 1. The topological polar surface area (TPSA) is 58.5 Å². The van der Waals surface area contributed by atoms with Gasteiger partial charge in [-0.3, -0.25) is 0 Å². The lowest BCUT2D eigenvalue weighted by Gasteiger charge is -2.13. The van der Waals surface area contributed by atoms with E-state index in [1.54, 1.807) is 24.3 Å². The zero-order valence-electron chi connectivity index (χ0n) is 14.2. The molecule has 0 unspecified atom stereocenters. The fraction of sp³-hybridized carbons (Fsp3) is 0.0500. The Balaban J connectivity index is 1.78. The molecule has 1 aliphatic carbocycles. The van der Waals surface area contributed by atoms with E-state index in [4.69, 9.17) is 0 Å². The van der Waals surface area contributed by atoms with E-state index in [-0.39, 0.29) is 0 Å². The molecule has 4 rings (SSSR count). The molecule has 0 saturated heterocycles. The van der Waals surface area contributed by atoms with E-state index in [1.165, 1.54) is 6.07 Å². The Hall–Kier alpha value is -3.13. The highest BCUT2D eigenvalue weighted by molar-refractivity contribution is 7.89. The Morgan fingerprint density at radius 1 is 0.714 bits per heavy atom. The van der Waals surface area contributed by atoms with Crippen LogP contribution in [0.15, 0.2) is 82.8 Å². The third-order valence-electron chi connectivity index (χ3n) is 4.41. The first-order chi connectivity index (χ1) is 13.3. The Kier molecular flexibility index (Phi) is 4.23. The summed E-state index contributed by atoms with van der Waals surface area (Å²) in [4.78, 5) is 1.10. The second-order valence-corrected chi connectivity index (χ2v) is 7.77. The Labute approximate surface area is 159 Å². The molecule has 0 fully saturated rings. The van der Waals surface area contributed by atoms with Crippen molar-refractivity contribution in [3.05, 3.63) is 89.5 Å². The minimum absolute atomic E-state index is 0.360. The number of sulfonamides is 1. The quantitative estimate of drug-likeness (QED) is 0.516. The van der Waals surface area contributed by atoms with Crippen LogP contribution in [0.25, 0.3) is 11.1 Å². The SMILES string of the molecule is O=S(=O)(NN=C1c2ccccc2-c2ccccc21)c1ccccc1C(F)(F)F. The van der Waals surface area contributed by atoms with E-state index in [9.17, 15) is 21.6 Å². The van der Waals surface area contributed by atoms with Crippen LogP contribution in [0.3, 0.4) is 0 Å². The van der Waals surface area contributed by atoms with E-state index >= 15 is 0 Å². The predicted molar refractivity (Wildman–Crippen MR) is 99.3 cm³/mol. The van der Waals surface area contributed by atoms with Gasteiger partial charge >= 0.3 is 6.18 Å². The van der Waals surface area contributed by atoms with Gasteiger partial charge in [0.15, 0.2) is 0 Å². The predicted octanol–water partition coefficient (Wildman–Crippen LogP) is 4.42. The van der Waals surface area contributed by atoms with Crippen molar-refractivity contribution in [1.82, 2.24) is 4.83 Å². The van der Waals surface area contributed by atoms with Gasteiger partial charge in [-0.05, 0) is 23.3 Å². The molecule has 0 amide bonds. The first kappa shape index (κ1) is 18.2. The lowest BCUT2D eigenvalue weighted by Crippen LogP contribution is -2.23. The van der Waals surface area contributed by atoms with Gasteiger partial charge in [-0.2, -0.15) is 31.5 Å². The molecule has 0 atom stereocenters. The number of rotatable bonds is 3. The molecule has 0 radical (unpaired) electrons. The molecule has 3 aromatic rings. The minimum Gasteiger partial charge on any atom is -0.200 e. The third-order valence-corrected chi connectivity index (χ3v) is 5.68. The molecule has 0 heterocycles. The number of hydrogen-bond acceptors (Lipinski definition) is 3. The minimum atomic E-state index is -4.80. The maximum atomic E-state index is 13.2. The molecule has 0 bridgehead atoms. The number of nitrogens with one attached hydrogen (secondary N) is 1. The summed E-state index contributed by atoms with van der Waals surface area (Å²) in [6.07, 6.45) is -4.80. The van der Waals surface area contributed by atoms with Crippen LogP contribution in [0, 0.1) is 0 Å². The van der Waals surface area contributed by atoms with Crippen LogP contribution in [0.2, 0.25) is 0 Å². The summed E-state index contributed by atoms with van der Waals surface area (Å²) in [5.74, 6) is 0. The number of hydrazone groups is 1. The van der Waals surface area contributed by atoms with Gasteiger partial charge in [0, 0.05) is 11.1 Å². The van der Waals surface area contributed by atoms with Crippen LogP contribution in [0.5, 0.6) is 0 Å². The number of fused-ring (bicyclic) bond motifs is 3. The molecule has 3 aromatic carbocycles. The van der Waals surface area contributed by atoms with Crippen LogP contribution in [-0.4, -0.2) is 14.1 Å². The van der Waals surface area contributed by atoms with E-state index in [0.29, 0.717) is 16.8 Å². The smallest absolute Gasteiger partial charge is 0.200 e. The highest BCUT2D eigenvalue weighted by Crippen LogP contribution is 2.37. The standard InChI is InChI=1S/C20H13F3N2O2S/c21-20(22,23)17-11-5-6-12-18(17)28(26,27)25-24-19-15-9-3-1-7-13(15)14-8-2-4-10-16(14)19/h1-12,25H. The van der Waals surface area contributed by atoms with Gasteiger partial charge in [0.1, 0.15) is 4.90 Å². The van der Waals surface area contributed by atoms with Gasteiger partial charge in [0.05, 0.1) is 11.3 Å². The number of benzene rings is 3. The number of alkyl halides is 3. The van der Waals surface area contributed by atoms with Crippen molar-refractivity contribution < 1.29 is 21.6 Å². The van der Waals surface area contributed by atoms with Crippen molar-refractivity contribution in [3.8, 4) is 11.1 Å². The fourth-order valence-electron chi connectivity index (χ4n) is 3.20. The summed E-state index contributed by atoms with van der Waals surface area (Å²) in [5, 5.41) is 3.99. The van der Waals surface area contributed by atoms with E-state index in [2.05, 4.69) is 5.10 Å². The molecule has 4 nitrogen and oxygen atoms in total. The Morgan fingerprint density at radius 3 is 1.71 bits per heavy atom. The highest BCUT2D eigenvalue weighted by atomic mass is 32.2. The zero-order valence-corrected chi connectivity index (χ0v) is 15.1. The first-order valence-corrected chi connectivity index (χ1v) is 9.72. The average Bonchev–Trinajstić information content (AvgIpc) is 3.00. The largest absolute Gasteiger partial charge is 0.417 e. The van der Waals surface area contributed by atoms with Gasteiger partial charge in [-0.1, -0.05) is 60.7 Å². The highest BCUT2D eigenvalue weighted by Gasteiger charge is 2.37. The normalized spacial score (nSPS) is 13.0. The third kappa shape index (κ3) is 3.05. The molecule has 0 aromatic heterocycles. The Bertz CT molecular complexity index is 1150. The molecular weight excluding hydrogens is 389 g/mol. The maximum absolute atomic E-state index is 13.2. The molecule has 0 saturated carbocycles. The summed E-state index contributed by atoms with van der Waals surface area (Å²) in [7, 11) is -4.52. The lowest BCUT2D eigenvalue weighted by molar-refractivity contribution is -0.139. The summed E-state index contributed by atoms with van der Waals surface area (Å²) in [5.41, 5.74) is 2.29. The van der Waals surface area contributed by atoms with Gasteiger partial charge in [0.2, 0.25) is 0 Å². The van der Waals surface area contributed by atoms with Crippen LogP contribution >= 0.6 is 0 Å². The fourth-order valence-corrected chi connectivity index (χ4v) is 4.25. The van der Waals surface area contributed by atoms with E-state index in [1.807, 2.05) is 29.1 Å². The first-order valence-electron chi connectivity index (χ1n) is 8.24. The van der Waals surface area contributed by atoms with Gasteiger partial charge in [-0.15, -0.1) is 0 Å². The van der Waals surface area contributed by atoms with Crippen LogP contribution < -0.4 is 4.83 Å². The van der Waals surface area contributed by atoms with Crippen LogP contribution in [0.4, 0.5) is 13.2 Å². The van der Waals surface area contributed by atoms with Crippen molar-refractivity contribution in [2.75, 3.05) is 0 Å². The molecule has 142 valence electrons. The molecule has 8 heteroatoms. The maximum Gasteiger partial charge on any atom is 0.417 e. The molecule has 0 spiro atoms. The van der Waals surface area contributed by atoms with Crippen molar-refractivity contribution >= 4 is 15.7 Å². The number of halogens is 3. The number of nitrogens with zero attached hydrogens (tertiary/aromatic N) is 1. The second kappa shape index (κ2) is 6.49.